The molecule has 22 heavy (non-hydrogen) atoms. The van der Waals surface area contributed by atoms with Crippen LogP contribution in [0.25, 0.3) is 0 Å². The van der Waals surface area contributed by atoms with Gasteiger partial charge in [0, 0.05) is 13.5 Å². The van der Waals surface area contributed by atoms with Gasteiger partial charge in [-0.05, 0) is 6.42 Å². The van der Waals surface area contributed by atoms with E-state index in [0.717, 1.165) is 13.3 Å². The molecule has 0 aromatic rings. The van der Waals surface area contributed by atoms with Crippen molar-refractivity contribution in [2.45, 2.75) is 78.1 Å². The Morgan fingerprint density at radius 3 is 1.55 bits per heavy atom. The van der Waals surface area contributed by atoms with Crippen LogP contribution in [-0.2, 0) is 19.4 Å². The van der Waals surface area contributed by atoms with Crippen molar-refractivity contribution in [3.8, 4) is 0 Å². The summed E-state index contributed by atoms with van der Waals surface area (Å²) < 4.78 is 31.5. The van der Waals surface area contributed by atoms with E-state index < -0.39 is 16.4 Å². The number of carbonyl (C=O) groups is 1. The molecule has 1 N–H and O–H groups in total. The van der Waals surface area contributed by atoms with Gasteiger partial charge in [-0.3, -0.25) is 4.79 Å². The third-order valence-corrected chi connectivity index (χ3v) is 3.17. The number of hydrogen-bond donors (Lipinski definition) is 1. The molecule has 0 saturated heterocycles. The largest absolute Gasteiger partial charge is 1.00 e. The summed E-state index contributed by atoms with van der Waals surface area (Å²) in [6.45, 7) is 3.46. The van der Waals surface area contributed by atoms with E-state index in [1.54, 1.807) is 0 Å². The molecule has 0 aliphatic rings. The van der Waals surface area contributed by atoms with Gasteiger partial charge in [0.05, 0.1) is 0 Å². The van der Waals surface area contributed by atoms with Gasteiger partial charge in [-0.25, -0.2) is 8.42 Å². The monoisotopic (exact) mass is 348 g/mol. The number of unbranched alkanes of at least 4 members (excludes halogenated alkanes) is 9. The minimum absolute atomic E-state index is 0. The molecule has 0 saturated carbocycles. The Labute approximate surface area is 157 Å². The van der Waals surface area contributed by atoms with Crippen LogP contribution in [0.5, 0.6) is 0 Å². The fourth-order valence-corrected chi connectivity index (χ4v) is 2.03. The SMILES string of the molecule is CC(=O)OS(=O)(=O)[O-].CCCCCCCCCCCCO.[Na+]. The Balaban J connectivity index is -0.000000348. The maximum atomic E-state index is 9.66. The van der Waals surface area contributed by atoms with E-state index >= 15 is 0 Å². The Hall–Kier alpha value is 0.340. The minimum Gasteiger partial charge on any atom is -0.716 e. The van der Waals surface area contributed by atoms with Gasteiger partial charge in [-0.1, -0.05) is 64.7 Å². The molecule has 0 heterocycles. The van der Waals surface area contributed by atoms with E-state index in [-0.39, 0.29) is 29.6 Å². The third kappa shape index (κ3) is 32.3. The molecule has 0 spiro atoms. The van der Waals surface area contributed by atoms with Crippen LogP contribution < -0.4 is 29.6 Å². The first-order valence-corrected chi connectivity index (χ1v) is 8.93. The van der Waals surface area contributed by atoms with Crippen LogP contribution in [0.1, 0.15) is 78.1 Å². The first-order chi connectivity index (χ1) is 9.83. The Kier molecular flexibility index (Phi) is 24.0. The summed E-state index contributed by atoms with van der Waals surface area (Å²) in [5, 5.41) is 8.57. The first-order valence-electron chi connectivity index (χ1n) is 7.60. The van der Waals surface area contributed by atoms with Crippen molar-refractivity contribution >= 4 is 16.4 Å². The quantitative estimate of drug-likeness (QED) is 0.242. The number of aliphatic hydroxyl groups is 1. The molecule has 0 aliphatic heterocycles. The van der Waals surface area contributed by atoms with Crippen molar-refractivity contribution in [2.75, 3.05) is 6.61 Å². The summed E-state index contributed by atoms with van der Waals surface area (Å²) in [6.07, 6.45) is 13.3. The molecule has 0 bridgehead atoms. The molecule has 6 nitrogen and oxygen atoms in total. The number of aliphatic hydroxyl groups excluding tert-OH is 1. The van der Waals surface area contributed by atoms with E-state index in [1.807, 2.05) is 0 Å². The molecule has 0 rings (SSSR count). The molecule has 128 valence electrons. The summed E-state index contributed by atoms with van der Waals surface area (Å²) in [5.74, 6) is -1.13. The molecule has 0 radical (unpaired) electrons. The second-order valence-corrected chi connectivity index (χ2v) is 5.87. The Bertz CT molecular complexity index is 322. The Morgan fingerprint density at radius 1 is 0.955 bits per heavy atom. The second-order valence-electron chi connectivity index (χ2n) is 4.89. The molecule has 0 aliphatic carbocycles. The predicted molar refractivity (Wildman–Crippen MR) is 80.4 cm³/mol. The van der Waals surface area contributed by atoms with Crippen LogP contribution in [0.4, 0.5) is 0 Å². The van der Waals surface area contributed by atoms with Gasteiger partial charge in [0.2, 0.25) is 0 Å². The third-order valence-electron chi connectivity index (χ3n) is 2.73. The Morgan fingerprint density at radius 2 is 1.32 bits per heavy atom. The van der Waals surface area contributed by atoms with Crippen molar-refractivity contribution < 1.29 is 56.6 Å². The molecule has 0 unspecified atom stereocenters. The first kappa shape index (κ1) is 27.2. The van der Waals surface area contributed by atoms with Gasteiger partial charge in [-0.15, -0.1) is 0 Å². The van der Waals surface area contributed by atoms with Crippen LogP contribution in [0.2, 0.25) is 0 Å². The maximum Gasteiger partial charge on any atom is 1.00 e. The zero-order valence-corrected chi connectivity index (χ0v) is 17.0. The molecule has 0 aromatic carbocycles. The summed E-state index contributed by atoms with van der Waals surface area (Å²) >= 11 is 0. The summed E-state index contributed by atoms with van der Waals surface area (Å²) in [4.78, 5) is 9.66. The van der Waals surface area contributed by atoms with Gasteiger partial charge in [-0.2, -0.15) is 0 Å². The second kappa shape index (κ2) is 19.4. The van der Waals surface area contributed by atoms with E-state index in [1.165, 1.54) is 57.8 Å². The standard InChI is InChI=1S/C12H26O.C2H4O5S.Na/c1-2-3-4-5-6-7-8-9-10-11-12-13;1-2(3)7-8(4,5)6;/h13H,2-12H2,1H3;1H3,(H,4,5,6);/q;;+1/p-1. The van der Waals surface area contributed by atoms with Gasteiger partial charge >= 0.3 is 35.5 Å². The predicted octanol–water partition coefficient (Wildman–Crippen LogP) is -0.0867. The smallest absolute Gasteiger partial charge is 0.716 e. The van der Waals surface area contributed by atoms with Gasteiger partial charge in [0.1, 0.15) is 0 Å². The van der Waals surface area contributed by atoms with Gasteiger partial charge in [0.15, 0.2) is 0 Å². The van der Waals surface area contributed by atoms with E-state index in [0.29, 0.717) is 6.61 Å². The zero-order chi connectivity index (χ0) is 16.6. The van der Waals surface area contributed by atoms with E-state index in [2.05, 4.69) is 11.1 Å². The van der Waals surface area contributed by atoms with Crippen LogP contribution in [0.15, 0.2) is 0 Å². The molecular formula is C14H29NaO6S. The molecule has 0 atom stereocenters. The van der Waals surface area contributed by atoms with Crippen LogP contribution in [-0.4, -0.2) is 30.7 Å². The summed E-state index contributed by atoms with van der Waals surface area (Å²) in [7, 11) is -4.82. The van der Waals surface area contributed by atoms with Crippen molar-refractivity contribution in [1.29, 1.82) is 0 Å². The van der Waals surface area contributed by atoms with E-state index in [4.69, 9.17) is 5.11 Å². The fraction of sp³-hybridized carbons (Fsp3) is 0.929. The maximum absolute atomic E-state index is 9.66. The molecule has 0 aromatic heterocycles. The fourth-order valence-electron chi connectivity index (χ4n) is 1.74. The number of carbonyl (C=O) groups excluding carboxylic acids is 1. The summed E-state index contributed by atoms with van der Waals surface area (Å²) in [6, 6.07) is 0. The minimum atomic E-state index is -4.82. The number of rotatable bonds is 11. The average molecular weight is 348 g/mol. The molecule has 0 amide bonds. The van der Waals surface area contributed by atoms with Crippen molar-refractivity contribution in [2.24, 2.45) is 0 Å². The van der Waals surface area contributed by atoms with Crippen LogP contribution in [0.3, 0.4) is 0 Å². The molecule has 0 fully saturated rings. The number of hydrogen-bond acceptors (Lipinski definition) is 6. The van der Waals surface area contributed by atoms with Gasteiger partial charge in [0.25, 0.3) is 10.4 Å². The normalized spacial score (nSPS) is 10.2. The van der Waals surface area contributed by atoms with Crippen LogP contribution in [0, 0.1) is 0 Å². The average Bonchev–Trinajstić information content (AvgIpc) is 2.35. The van der Waals surface area contributed by atoms with Crippen molar-refractivity contribution in [3.05, 3.63) is 0 Å². The summed E-state index contributed by atoms with van der Waals surface area (Å²) in [5.41, 5.74) is 0. The molecular weight excluding hydrogens is 319 g/mol. The van der Waals surface area contributed by atoms with E-state index in [9.17, 15) is 17.8 Å². The van der Waals surface area contributed by atoms with Gasteiger partial charge < -0.3 is 13.8 Å². The topological polar surface area (TPSA) is 104 Å². The van der Waals surface area contributed by atoms with Crippen molar-refractivity contribution in [1.82, 2.24) is 0 Å². The van der Waals surface area contributed by atoms with Crippen LogP contribution >= 0.6 is 0 Å². The van der Waals surface area contributed by atoms with Crippen molar-refractivity contribution in [3.63, 3.8) is 0 Å². The zero-order valence-electron chi connectivity index (χ0n) is 14.2. The molecule has 8 heteroatoms.